The lowest BCUT2D eigenvalue weighted by atomic mass is 9.91. The quantitative estimate of drug-likeness (QED) is 0.711. The van der Waals surface area contributed by atoms with Crippen LogP contribution in [0.25, 0.3) is 0 Å². The Morgan fingerprint density at radius 1 is 1.26 bits per heavy atom. The normalized spacial score (nSPS) is 18.4. The van der Waals surface area contributed by atoms with Crippen LogP contribution < -0.4 is 4.74 Å². The fraction of sp³-hybridized carbons (Fsp3) is 0.400. The van der Waals surface area contributed by atoms with Crippen molar-refractivity contribution in [3.05, 3.63) is 54.4 Å². The lowest BCUT2D eigenvalue weighted by molar-refractivity contribution is 0.0871. The largest absolute Gasteiger partial charge is 0.491 e. The Morgan fingerprint density at radius 2 is 2.07 bits per heavy atom. The van der Waals surface area contributed by atoms with Crippen LogP contribution in [-0.4, -0.2) is 42.7 Å². The smallest absolute Gasteiger partial charge is 0.244 e. The summed E-state index contributed by atoms with van der Waals surface area (Å²) in [5.41, 5.74) is 0.554. The van der Waals surface area contributed by atoms with E-state index in [2.05, 4.69) is 4.98 Å². The van der Waals surface area contributed by atoms with Crippen LogP contribution >= 0.6 is 0 Å². The highest BCUT2D eigenvalue weighted by molar-refractivity contribution is 7.89. The highest BCUT2D eigenvalue weighted by atomic mass is 32.2. The van der Waals surface area contributed by atoms with Crippen molar-refractivity contribution in [3.8, 4) is 5.75 Å². The molecule has 2 heterocycles. The first kappa shape index (κ1) is 19.5. The summed E-state index contributed by atoms with van der Waals surface area (Å²) in [5, 5.41) is 0. The number of pyridine rings is 1. The van der Waals surface area contributed by atoms with Gasteiger partial charge in [0.2, 0.25) is 10.0 Å². The number of rotatable bonds is 6. The van der Waals surface area contributed by atoms with Crippen molar-refractivity contribution in [1.82, 2.24) is 9.29 Å². The fourth-order valence-electron chi connectivity index (χ4n) is 3.25. The van der Waals surface area contributed by atoms with Crippen molar-refractivity contribution >= 4 is 15.8 Å². The number of ketones is 1. The zero-order valence-electron chi connectivity index (χ0n) is 15.5. The Hall–Kier alpha value is -2.25. The molecule has 0 radical (unpaired) electrons. The van der Waals surface area contributed by atoms with Gasteiger partial charge in [0.15, 0.2) is 5.78 Å². The number of sulfonamides is 1. The lowest BCUT2D eigenvalue weighted by Gasteiger charge is -2.31. The maximum atomic E-state index is 13.0. The van der Waals surface area contributed by atoms with Crippen molar-refractivity contribution in [2.24, 2.45) is 5.92 Å². The molecule has 1 aliphatic heterocycles. The van der Waals surface area contributed by atoms with Crippen molar-refractivity contribution in [2.45, 2.75) is 37.7 Å². The SMILES string of the molecule is CC(C)Oc1cccc(C(=O)C2CCCN(S(=O)(=O)c3cccnc3)C2)c1. The van der Waals surface area contributed by atoms with E-state index >= 15 is 0 Å². The molecule has 0 spiro atoms. The van der Waals surface area contributed by atoms with Gasteiger partial charge in [-0.3, -0.25) is 9.78 Å². The van der Waals surface area contributed by atoms with Gasteiger partial charge in [-0.1, -0.05) is 12.1 Å². The van der Waals surface area contributed by atoms with Crippen LogP contribution in [-0.2, 0) is 10.0 Å². The van der Waals surface area contributed by atoms with Gasteiger partial charge in [-0.25, -0.2) is 8.42 Å². The molecule has 1 aromatic heterocycles. The van der Waals surface area contributed by atoms with Gasteiger partial charge >= 0.3 is 0 Å². The summed E-state index contributed by atoms with van der Waals surface area (Å²) in [6.45, 7) is 4.45. The van der Waals surface area contributed by atoms with Crippen molar-refractivity contribution in [3.63, 3.8) is 0 Å². The molecule has 1 unspecified atom stereocenters. The molecule has 1 atom stereocenters. The summed E-state index contributed by atoms with van der Waals surface area (Å²) in [6.07, 6.45) is 4.22. The van der Waals surface area contributed by atoms with E-state index in [1.54, 1.807) is 24.3 Å². The predicted octanol–water partition coefficient (Wildman–Crippen LogP) is 3.15. The van der Waals surface area contributed by atoms with Crippen LogP contribution in [0.1, 0.15) is 37.0 Å². The number of benzene rings is 1. The molecule has 27 heavy (non-hydrogen) atoms. The molecule has 2 aromatic rings. The minimum Gasteiger partial charge on any atom is -0.491 e. The second-order valence-electron chi connectivity index (χ2n) is 6.95. The zero-order valence-corrected chi connectivity index (χ0v) is 16.4. The lowest BCUT2D eigenvalue weighted by Crippen LogP contribution is -2.42. The van der Waals surface area contributed by atoms with E-state index in [4.69, 9.17) is 4.74 Å². The maximum absolute atomic E-state index is 13.0. The van der Waals surface area contributed by atoms with Gasteiger partial charge in [0, 0.05) is 37.0 Å². The number of Topliss-reactive ketones (excluding diaryl/α,β-unsaturated/α-hetero) is 1. The molecule has 3 rings (SSSR count). The third-order valence-corrected chi connectivity index (χ3v) is 6.37. The number of piperidine rings is 1. The number of nitrogens with zero attached hydrogens (tertiary/aromatic N) is 2. The Bertz CT molecular complexity index is 897. The molecule has 0 N–H and O–H groups in total. The first-order valence-corrected chi connectivity index (χ1v) is 10.5. The van der Waals surface area contributed by atoms with Gasteiger partial charge in [0.25, 0.3) is 0 Å². The van der Waals surface area contributed by atoms with Crippen LogP contribution in [0.2, 0.25) is 0 Å². The average molecular weight is 388 g/mol. The van der Waals surface area contributed by atoms with Crippen LogP contribution in [0.4, 0.5) is 0 Å². The van der Waals surface area contributed by atoms with Crippen LogP contribution in [0.15, 0.2) is 53.7 Å². The number of carbonyl (C=O) groups is 1. The Kier molecular flexibility index (Phi) is 5.92. The molecular weight excluding hydrogens is 364 g/mol. The molecule has 0 amide bonds. The molecule has 1 fully saturated rings. The topological polar surface area (TPSA) is 76.6 Å². The Morgan fingerprint density at radius 3 is 2.78 bits per heavy atom. The van der Waals surface area contributed by atoms with Crippen molar-refractivity contribution < 1.29 is 17.9 Å². The van der Waals surface area contributed by atoms with Crippen LogP contribution in [0.3, 0.4) is 0 Å². The van der Waals surface area contributed by atoms with E-state index in [9.17, 15) is 13.2 Å². The minimum absolute atomic E-state index is 0.0187. The van der Waals surface area contributed by atoms with Gasteiger partial charge in [-0.2, -0.15) is 4.31 Å². The molecule has 0 aliphatic carbocycles. The second kappa shape index (κ2) is 8.19. The summed E-state index contributed by atoms with van der Waals surface area (Å²) in [4.78, 5) is 17.0. The van der Waals surface area contributed by atoms with E-state index in [1.807, 2.05) is 19.9 Å². The molecule has 1 saturated heterocycles. The number of aromatic nitrogens is 1. The number of carbonyl (C=O) groups excluding carboxylic acids is 1. The summed E-state index contributed by atoms with van der Waals surface area (Å²) >= 11 is 0. The molecule has 6 nitrogen and oxygen atoms in total. The summed E-state index contributed by atoms with van der Waals surface area (Å²) in [7, 11) is -3.64. The summed E-state index contributed by atoms with van der Waals surface area (Å²) < 4.78 is 32.7. The summed E-state index contributed by atoms with van der Waals surface area (Å²) in [5.74, 6) is 0.237. The average Bonchev–Trinajstić information content (AvgIpc) is 2.68. The van der Waals surface area contributed by atoms with E-state index in [0.29, 0.717) is 30.7 Å². The molecule has 0 saturated carbocycles. The second-order valence-corrected chi connectivity index (χ2v) is 8.89. The highest BCUT2D eigenvalue weighted by Crippen LogP contribution is 2.27. The van der Waals surface area contributed by atoms with Crippen LogP contribution in [0.5, 0.6) is 5.75 Å². The van der Waals surface area contributed by atoms with E-state index in [1.165, 1.54) is 22.8 Å². The molecule has 0 bridgehead atoms. The third-order valence-electron chi connectivity index (χ3n) is 4.52. The van der Waals surface area contributed by atoms with Crippen molar-refractivity contribution in [1.29, 1.82) is 0 Å². The van der Waals surface area contributed by atoms with Gasteiger partial charge in [0.05, 0.1) is 6.10 Å². The molecule has 7 heteroatoms. The van der Waals surface area contributed by atoms with E-state index in [-0.39, 0.29) is 29.2 Å². The standard InChI is InChI=1S/C20H24N2O4S/c1-15(2)26-18-8-3-6-16(12-18)20(23)17-7-5-11-22(14-17)27(24,25)19-9-4-10-21-13-19/h3-4,6,8-10,12-13,15,17H,5,7,11,14H2,1-2H3. The van der Waals surface area contributed by atoms with Gasteiger partial charge in [-0.05, 0) is 51.0 Å². The van der Waals surface area contributed by atoms with Crippen LogP contribution in [0, 0.1) is 5.92 Å². The maximum Gasteiger partial charge on any atom is 0.244 e. The minimum atomic E-state index is -3.64. The number of ether oxygens (including phenoxy) is 1. The predicted molar refractivity (Wildman–Crippen MR) is 102 cm³/mol. The Balaban J connectivity index is 1.77. The fourth-order valence-corrected chi connectivity index (χ4v) is 4.74. The molecule has 144 valence electrons. The van der Waals surface area contributed by atoms with E-state index < -0.39 is 10.0 Å². The van der Waals surface area contributed by atoms with Crippen molar-refractivity contribution in [2.75, 3.05) is 13.1 Å². The van der Waals surface area contributed by atoms with Gasteiger partial charge in [-0.15, -0.1) is 0 Å². The molecular formula is C20H24N2O4S. The highest BCUT2D eigenvalue weighted by Gasteiger charge is 2.33. The van der Waals surface area contributed by atoms with Gasteiger partial charge < -0.3 is 4.74 Å². The first-order valence-electron chi connectivity index (χ1n) is 9.09. The first-order chi connectivity index (χ1) is 12.9. The molecule has 1 aliphatic rings. The number of hydrogen-bond donors (Lipinski definition) is 0. The monoisotopic (exact) mass is 388 g/mol. The third kappa shape index (κ3) is 4.54. The van der Waals surface area contributed by atoms with Gasteiger partial charge in [0.1, 0.15) is 10.6 Å². The number of hydrogen-bond acceptors (Lipinski definition) is 5. The summed E-state index contributed by atoms with van der Waals surface area (Å²) in [6, 6.07) is 10.2. The zero-order chi connectivity index (χ0) is 19.4. The van der Waals surface area contributed by atoms with E-state index in [0.717, 1.165) is 0 Å². The Labute approximate surface area is 160 Å². The molecule has 1 aromatic carbocycles.